The summed E-state index contributed by atoms with van der Waals surface area (Å²) in [7, 11) is 0. The maximum atomic E-state index is 14.2. The lowest BCUT2D eigenvalue weighted by molar-refractivity contribution is -0.138. The minimum absolute atomic E-state index is 0.247. The third-order valence-electron chi connectivity index (χ3n) is 8.26. The van der Waals surface area contributed by atoms with Gasteiger partial charge in [0.1, 0.15) is 23.9 Å². The second-order valence-electron chi connectivity index (χ2n) is 10.8. The highest BCUT2D eigenvalue weighted by Gasteiger charge is 2.33. The number of fused-ring (bicyclic) bond motifs is 1. The van der Waals surface area contributed by atoms with E-state index in [0.29, 0.717) is 18.6 Å². The lowest BCUT2D eigenvalue weighted by Gasteiger charge is -2.42. The molecule has 2 fully saturated rings. The number of amides is 1. The number of rotatable bonds is 7. The van der Waals surface area contributed by atoms with Crippen LogP contribution in [0, 0.1) is 0 Å². The van der Waals surface area contributed by atoms with Crippen LogP contribution in [0.5, 0.6) is 11.5 Å². The Hall–Kier alpha value is -3.60. The van der Waals surface area contributed by atoms with Crippen LogP contribution in [0.3, 0.4) is 0 Å². The van der Waals surface area contributed by atoms with Crippen molar-refractivity contribution in [3.05, 3.63) is 78.9 Å². The highest BCUT2D eigenvalue weighted by atomic mass is 16.5. The van der Waals surface area contributed by atoms with Crippen molar-refractivity contribution in [1.82, 2.24) is 14.5 Å². The van der Waals surface area contributed by atoms with E-state index in [9.17, 15) is 4.79 Å². The predicted molar refractivity (Wildman–Crippen MR) is 152 cm³/mol. The van der Waals surface area contributed by atoms with Gasteiger partial charge in [0.2, 0.25) is 5.91 Å². The van der Waals surface area contributed by atoms with Crippen LogP contribution >= 0.6 is 0 Å². The van der Waals surface area contributed by atoms with Crippen LogP contribution in [0.2, 0.25) is 0 Å². The quantitative estimate of drug-likeness (QED) is 0.255. The number of carbonyl (C=O) groups is 1. The number of hydrogen-bond acceptors (Lipinski definition) is 3. The van der Waals surface area contributed by atoms with Crippen LogP contribution < -0.4 is 4.74 Å². The predicted octanol–water partition coefficient (Wildman–Crippen LogP) is 7.99. The first-order chi connectivity index (χ1) is 18.8. The fraction of sp³-hybridized carbons (Fsp3) is 0.394. The van der Waals surface area contributed by atoms with E-state index in [1.54, 1.807) is 0 Å². The Morgan fingerprint density at radius 1 is 0.737 bits per heavy atom. The van der Waals surface area contributed by atoms with Crippen LogP contribution in [0.1, 0.15) is 64.2 Å². The van der Waals surface area contributed by atoms with Gasteiger partial charge in [-0.2, -0.15) is 0 Å². The summed E-state index contributed by atoms with van der Waals surface area (Å²) in [5.74, 6) is 2.67. The maximum absolute atomic E-state index is 14.2. The summed E-state index contributed by atoms with van der Waals surface area (Å²) in [5.41, 5.74) is 2.91. The molecule has 6 rings (SSSR count). The largest absolute Gasteiger partial charge is 0.457 e. The van der Waals surface area contributed by atoms with E-state index in [4.69, 9.17) is 9.72 Å². The van der Waals surface area contributed by atoms with Gasteiger partial charge >= 0.3 is 0 Å². The van der Waals surface area contributed by atoms with E-state index in [-0.39, 0.29) is 5.91 Å². The molecule has 2 saturated carbocycles. The first-order valence-corrected chi connectivity index (χ1v) is 14.4. The van der Waals surface area contributed by atoms with Gasteiger partial charge in [-0.1, -0.05) is 68.9 Å². The molecule has 3 aromatic carbocycles. The highest BCUT2D eigenvalue weighted by molar-refractivity contribution is 5.85. The monoisotopic (exact) mass is 507 g/mol. The molecule has 1 amide bonds. The van der Waals surface area contributed by atoms with Crippen molar-refractivity contribution in [2.45, 2.75) is 82.8 Å². The van der Waals surface area contributed by atoms with Gasteiger partial charge in [0.05, 0.1) is 11.0 Å². The topological polar surface area (TPSA) is 47.4 Å². The average Bonchev–Trinajstić information content (AvgIpc) is 3.33. The molecule has 1 aromatic heterocycles. The van der Waals surface area contributed by atoms with E-state index >= 15 is 0 Å². The molecule has 2 aliphatic carbocycles. The number of imidazole rings is 1. The molecule has 0 saturated heterocycles. The molecule has 0 atom stereocenters. The van der Waals surface area contributed by atoms with Crippen molar-refractivity contribution in [3.8, 4) is 22.9 Å². The summed E-state index contributed by atoms with van der Waals surface area (Å²) in [6.07, 6.45) is 12.1. The number of carbonyl (C=O) groups excluding carboxylic acids is 1. The first-order valence-electron chi connectivity index (χ1n) is 14.4. The zero-order valence-corrected chi connectivity index (χ0v) is 22.1. The van der Waals surface area contributed by atoms with Gasteiger partial charge in [-0.15, -0.1) is 0 Å². The summed E-state index contributed by atoms with van der Waals surface area (Å²) < 4.78 is 8.13. The van der Waals surface area contributed by atoms with E-state index in [1.807, 2.05) is 72.8 Å². The second kappa shape index (κ2) is 11.4. The lowest BCUT2D eigenvalue weighted by Crippen LogP contribution is -2.50. The summed E-state index contributed by atoms with van der Waals surface area (Å²) in [4.78, 5) is 21.4. The summed E-state index contributed by atoms with van der Waals surface area (Å²) in [6.45, 7) is 0.325. The minimum Gasteiger partial charge on any atom is -0.457 e. The Morgan fingerprint density at radius 3 is 1.97 bits per heavy atom. The Labute approximate surface area is 225 Å². The van der Waals surface area contributed by atoms with Gasteiger partial charge < -0.3 is 14.2 Å². The Kier molecular flexibility index (Phi) is 7.43. The van der Waals surface area contributed by atoms with Crippen LogP contribution in [-0.2, 0) is 11.3 Å². The molecule has 38 heavy (non-hydrogen) atoms. The number of nitrogens with zero attached hydrogens (tertiary/aromatic N) is 3. The minimum atomic E-state index is 0.247. The second-order valence-corrected chi connectivity index (χ2v) is 10.8. The van der Waals surface area contributed by atoms with Crippen molar-refractivity contribution in [2.24, 2.45) is 0 Å². The fourth-order valence-electron chi connectivity index (χ4n) is 6.39. The van der Waals surface area contributed by atoms with Crippen LogP contribution in [-0.4, -0.2) is 32.4 Å². The van der Waals surface area contributed by atoms with Crippen molar-refractivity contribution in [1.29, 1.82) is 0 Å². The molecule has 2 aliphatic rings. The van der Waals surface area contributed by atoms with Gasteiger partial charge in [-0.3, -0.25) is 4.79 Å². The van der Waals surface area contributed by atoms with Crippen molar-refractivity contribution in [3.63, 3.8) is 0 Å². The lowest BCUT2D eigenvalue weighted by atomic mass is 9.88. The molecule has 0 radical (unpaired) electrons. The van der Waals surface area contributed by atoms with E-state index in [2.05, 4.69) is 15.5 Å². The summed E-state index contributed by atoms with van der Waals surface area (Å²) in [6, 6.07) is 26.8. The summed E-state index contributed by atoms with van der Waals surface area (Å²) in [5, 5.41) is 0. The fourth-order valence-corrected chi connectivity index (χ4v) is 6.39. The molecular formula is C33H37N3O2. The molecule has 196 valence electrons. The highest BCUT2D eigenvalue weighted by Crippen LogP contribution is 2.32. The van der Waals surface area contributed by atoms with Crippen molar-refractivity contribution >= 4 is 16.9 Å². The van der Waals surface area contributed by atoms with Crippen molar-refractivity contribution in [2.75, 3.05) is 0 Å². The smallest absolute Gasteiger partial charge is 0.243 e. The molecule has 5 nitrogen and oxygen atoms in total. The molecule has 5 heteroatoms. The molecule has 0 unspecified atom stereocenters. The van der Waals surface area contributed by atoms with E-state index < -0.39 is 0 Å². The first kappa shape index (κ1) is 24.7. The SMILES string of the molecule is O=C(Cn1c(-c2ccc(Oc3ccccc3)cc2)nc2ccccc21)N(C1CCCCC1)C1CCCCC1. The number of ether oxygens (including phenoxy) is 1. The molecule has 0 N–H and O–H groups in total. The third kappa shape index (κ3) is 5.33. The standard InChI is InChI=1S/C33H37N3O2/c37-32(36(26-12-4-1-5-13-26)27-14-6-2-7-15-27)24-35-31-19-11-10-18-30(31)34-33(35)25-20-22-29(23-21-25)38-28-16-8-3-9-17-28/h3,8-11,16-23,26-27H,1-2,4-7,12-15,24H2. The molecular weight excluding hydrogens is 470 g/mol. The van der Waals surface area contributed by atoms with E-state index in [0.717, 1.165) is 59.6 Å². The van der Waals surface area contributed by atoms with Crippen LogP contribution in [0.4, 0.5) is 0 Å². The number of benzene rings is 3. The Morgan fingerprint density at radius 2 is 1.32 bits per heavy atom. The van der Waals surface area contributed by atoms with Gasteiger partial charge in [0, 0.05) is 17.6 Å². The Balaban J connectivity index is 1.30. The maximum Gasteiger partial charge on any atom is 0.243 e. The van der Waals surface area contributed by atoms with Crippen molar-refractivity contribution < 1.29 is 9.53 Å². The molecule has 4 aromatic rings. The summed E-state index contributed by atoms with van der Waals surface area (Å²) >= 11 is 0. The van der Waals surface area contributed by atoms with Gasteiger partial charge in [0.25, 0.3) is 0 Å². The average molecular weight is 508 g/mol. The Bertz CT molecular complexity index is 1330. The van der Waals surface area contributed by atoms with Gasteiger partial charge in [-0.05, 0) is 74.2 Å². The van der Waals surface area contributed by atoms with Crippen LogP contribution in [0.15, 0.2) is 78.9 Å². The number of para-hydroxylation sites is 3. The number of aromatic nitrogens is 2. The molecule has 0 aliphatic heterocycles. The van der Waals surface area contributed by atoms with Gasteiger partial charge in [0.15, 0.2) is 0 Å². The van der Waals surface area contributed by atoms with E-state index in [1.165, 1.54) is 38.5 Å². The molecule has 0 bridgehead atoms. The normalized spacial score (nSPS) is 16.9. The zero-order chi connectivity index (χ0) is 25.7. The third-order valence-corrected chi connectivity index (χ3v) is 8.26. The molecule has 0 spiro atoms. The molecule has 1 heterocycles. The van der Waals surface area contributed by atoms with Gasteiger partial charge in [-0.25, -0.2) is 4.98 Å². The zero-order valence-electron chi connectivity index (χ0n) is 22.1. The van der Waals surface area contributed by atoms with Crippen LogP contribution in [0.25, 0.3) is 22.4 Å². The number of hydrogen-bond donors (Lipinski definition) is 0.